The zero-order valence-corrected chi connectivity index (χ0v) is 16.4. The fraction of sp³-hybridized carbons (Fsp3) is 0.261. The number of aryl methyl sites for hydroxylation is 1. The van der Waals surface area contributed by atoms with Crippen LogP contribution < -0.4 is 0 Å². The Morgan fingerprint density at radius 1 is 1.28 bits per heavy atom. The minimum atomic E-state index is -0.738. The Kier molecular flexibility index (Phi) is 3.91. The predicted molar refractivity (Wildman–Crippen MR) is 110 cm³/mol. The maximum Gasteiger partial charge on any atom is 0.256 e. The van der Waals surface area contributed by atoms with E-state index < -0.39 is 5.41 Å². The van der Waals surface area contributed by atoms with Crippen molar-refractivity contribution in [1.82, 2.24) is 19.7 Å². The van der Waals surface area contributed by atoms with Crippen LogP contribution in [0.5, 0.6) is 0 Å². The summed E-state index contributed by atoms with van der Waals surface area (Å²) in [5.74, 6) is -0.268. The summed E-state index contributed by atoms with van der Waals surface area (Å²) in [5, 5.41) is 5.32. The number of amides is 1. The summed E-state index contributed by atoms with van der Waals surface area (Å²) in [6.45, 7) is 2.64. The Morgan fingerprint density at radius 2 is 2.14 bits per heavy atom. The number of pyridine rings is 1. The van der Waals surface area contributed by atoms with E-state index in [1.807, 2.05) is 43.0 Å². The number of carbonyl (C=O) groups is 1. The SMILES string of the molecule is Cn1ncc2ccc(C3=CCC(C)(CN4Cc5ncccc5C4=O)C(F)=C3)cc21. The standard InChI is InChI=1S/C23H21FN4O/c1-23(14-28-13-19-18(22(28)29)4-3-9-25-19)8-7-16(11-21(23)24)15-5-6-17-12-26-27(2)20(17)10-15/h3-7,9-12H,8,13-14H2,1-2H3. The number of rotatable bonds is 3. The summed E-state index contributed by atoms with van der Waals surface area (Å²) in [6, 6.07) is 9.58. The quantitative estimate of drug-likeness (QED) is 0.673. The molecule has 0 spiro atoms. The number of fused-ring (bicyclic) bond motifs is 2. The Balaban J connectivity index is 1.39. The molecule has 5 nitrogen and oxygen atoms in total. The number of allylic oxidation sites excluding steroid dienone is 3. The molecule has 29 heavy (non-hydrogen) atoms. The molecule has 1 atom stereocenters. The number of hydrogen-bond donors (Lipinski definition) is 0. The summed E-state index contributed by atoms with van der Waals surface area (Å²) >= 11 is 0. The van der Waals surface area contributed by atoms with Gasteiger partial charge in [0.05, 0.1) is 29.5 Å². The Bertz CT molecular complexity index is 1210. The molecule has 0 N–H and O–H groups in total. The largest absolute Gasteiger partial charge is 0.332 e. The number of halogens is 1. The summed E-state index contributed by atoms with van der Waals surface area (Å²) < 4.78 is 17.1. The van der Waals surface area contributed by atoms with E-state index in [-0.39, 0.29) is 11.7 Å². The van der Waals surface area contributed by atoms with Crippen molar-refractivity contribution >= 4 is 22.4 Å². The molecule has 0 radical (unpaired) electrons. The van der Waals surface area contributed by atoms with Gasteiger partial charge in [0.15, 0.2) is 0 Å². The van der Waals surface area contributed by atoms with Crippen LogP contribution >= 0.6 is 0 Å². The monoisotopic (exact) mass is 388 g/mol. The van der Waals surface area contributed by atoms with Crippen LogP contribution in [0.4, 0.5) is 4.39 Å². The van der Waals surface area contributed by atoms with Crippen LogP contribution in [0.15, 0.2) is 60.7 Å². The smallest absolute Gasteiger partial charge is 0.256 e. The number of nitrogens with zero attached hydrogens (tertiary/aromatic N) is 4. The molecule has 0 fully saturated rings. The molecule has 146 valence electrons. The van der Waals surface area contributed by atoms with Crippen LogP contribution in [0, 0.1) is 5.41 Å². The van der Waals surface area contributed by atoms with Gasteiger partial charge >= 0.3 is 0 Å². The van der Waals surface area contributed by atoms with Gasteiger partial charge in [-0.2, -0.15) is 5.10 Å². The van der Waals surface area contributed by atoms with Crippen LogP contribution in [0.3, 0.4) is 0 Å². The lowest BCUT2D eigenvalue weighted by Gasteiger charge is -2.34. The Labute approximate surface area is 168 Å². The summed E-state index contributed by atoms with van der Waals surface area (Å²) in [7, 11) is 1.90. The molecule has 0 saturated carbocycles. The maximum absolute atomic E-state index is 15.3. The third kappa shape index (κ3) is 2.87. The lowest BCUT2D eigenvalue weighted by atomic mass is 9.79. The van der Waals surface area contributed by atoms with Gasteiger partial charge in [-0.25, -0.2) is 4.39 Å². The summed E-state index contributed by atoms with van der Waals surface area (Å²) in [5.41, 5.74) is 3.49. The second-order valence-electron chi connectivity index (χ2n) is 8.12. The first kappa shape index (κ1) is 17.8. The van der Waals surface area contributed by atoms with Gasteiger partial charge in [0, 0.05) is 30.6 Å². The predicted octanol–water partition coefficient (Wildman–Crippen LogP) is 4.27. The van der Waals surface area contributed by atoms with Crippen molar-refractivity contribution in [3.05, 3.63) is 77.5 Å². The van der Waals surface area contributed by atoms with Gasteiger partial charge < -0.3 is 4.90 Å². The van der Waals surface area contributed by atoms with Crippen molar-refractivity contribution < 1.29 is 9.18 Å². The van der Waals surface area contributed by atoms with Gasteiger partial charge in [0.25, 0.3) is 5.91 Å². The van der Waals surface area contributed by atoms with Crippen LogP contribution in [-0.2, 0) is 13.6 Å². The van der Waals surface area contributed by atoms with Crippen molar-refractivity contribution in [3.8, 4) is 0 Å². The zero-order chi connectivity index (χ0) is 20.2. The normalized spacial score (nSPS) is 21.3. The van der Waals surface area contributed by atoms with Crippen molar-refractivity contribution in [2.75, 3.05) is 6.54 Å². The average molecular weight is 388 g/mol. The molecular weight excluding hydrogens is 367 g/mol. The molecule has 6 heteroatoms. The van der Waals surface area contributed by atoms with Gasteiger partial charge in [-0.3, -0.25) is 14.5 Å². The van der Waals surface area contributed by atoms with Crippen LogP contribution in [-0.4, -0.2) is 32.1 Å². The lowest BCUT2D eigenvalue weighted by Crippen LogP contribution is -2.37. The first-order chi connectivity index (χ1) is 13.9. The molecule has 0 bridgehead atoms. The van der Waals surface area contributed by atoms with Crippen molar-refractivity contribution in [1.29, 1.82) is 0 Å². The number of aromatic nitrogens is 3. The molecule has 1 amide bonds. The van der Waals surface area contributed by atoms with Crippen molar-refractivity contribution in [2.24, 2.45) is 12.5 Å². The zero-order valence-electron chi connectivity index (χ0n) is 16.4. The molecule has 5 rings (SSSR count). The van der Waals surface area contributed by atoms with Gasteiger partial charge in [-0.05, 0) is 41.8 Å². The highest BCUT2D eigenvalue weighted by molar-refractivity contribution is 5.97. The van der Waals surface area contributed by atoms with Crippen LogP contribution in [0.25, 0.3) is 16.5 Å². The lowest BCUT2D eigenvalue weighted by molar-refractivity contribution is 0.0705. The molecule has 0 saturated heterocycles. The molecular formula is C23H21FN4O. The van der Waals surface area contributed by atoms with E-state index in [0.717, 1.165) is 27.7 Å². The Morgan fingerprint density at radius 3 is 2.93 bits per heavy atom. The minimum absolute atomic E-state index is 0.0708. The first-order valence-electron chi connectivity index (χ1n) is 9.68. The number of carbonyl (C=O) groups excluding carboxylic acids is 1. The van der Waals surface area contributed by atoms with E-state index in [4.69, 9.17) is 0 Å². The molecule has 2 aliphatic rings. The molecule has 1 unspecified atom stereocenters. The second-order valence-corrected chi connectivity index (χ2v) is 8.12. The van der Waals surface area contributed by atoms with E-state index in [1.165, 1.54) is 0 Å². The van der Waals surface area contributed by atoms with E-state index in [1.54, 1.807) is 29.3 Å². The van der Waals surface area contributed by atoms with E-state index in [0.29, 0.717) is 25.1 Å². The summed E-state index contributed by atoms with van der Waals surface area (Å²) in [4.78, 5) is 18.6. The van der Waals surface area contributed by atoms with Gasteiger partial charge in [-0.15, -0.1) is 0 Å². The Hall–Kier alpha value is -3.28. The second kappa shape index (κ2) is 6.37. The molecule has 1 aliphatic heterocycles. The van der Waals surface area contributed by atoms with E-state index >= 15 is 4.39 Å². The van der Waals surface area contributed by atoms with E-state index in [9.17, 15) is 4.79 Å². The highest BCUT2D eigenvalue weighted by Crippen LogP contribution is 2.41. The van der Waals surface area contributed by atoms with Crippen LogP contribution in [0.2, 0.25) is 0 Å². The fourth-order valence-corrected chi connectivity index (χ4v) is 4.20. The third-order valence-corrected chi connectivity index (χ3v) is 6.00. The summed E-state index contributed by atoms with van der Waals surface area (Å²) in [6.07, 6.45) is 7.70. The molecule has 1 aromatic carbocycles. The number of benzene rings is 1. The average Bonchev–Trinajstić information content (AvgIpc) is 3.24. The van der Waals surface area contributed by atoms with Gasteiger partial charge in [0.1, 0.15) is 5.83 Å². The molecule has 3 heterocycles. The molecule has 2 aromatic heterocycles. The topological polar surface area (TPSA) is 51.0 Å². The maximum atomic E-state index is 15.3. The van der Waals surface area contributed by atoms with Gasteiger partial charge in [-0.1, -0.05) is 25.1 Å². The van der Waals surface area contributed by atoms with Crippen molar-refractivity contribution in [2.45, 2.75) is 19.9 Å². The molecule has 1 aliphatic carbocycles. The third-order valence-electron chi connectivity index (χ3n) is 6.00. The minimum Gasteiger partial charge on any atom is -0.332 e. The highest BCUT2D eigenvalue weighted by Gasteiger charge is 2.38. The first-order valence-corrected chi connectivity index (χ1v) is 9.68. The van der Waals surface area contributed by atoms with E-state index in [2.05, 4.69) is 16.2 Å². The molecule has 3 aromatic rings. The highest BCUT2D eigenvalue weighted by atomic mass is 19.1. The van der Waals surface area contributed by atoms with Gasteiger partial charge in [0.2, 0.25) is 0 Å². The van der Waals surface area contributed by atoms with Crippen LogP contribution in [0.1, 0.15) is 35.0 Å². The number of hydrogen-bond acceptors (Lipinski definition) is 3. The van der Waals surface area contributed by atoms with Crippen molar-refractivity contribution in [3.63, 3.8) is 0 Å². The fourth-order valence-electron chi connectivity index (χ4n) is 4.20.